The summed E-state index contributed by atoms with van der Waals surface area (Å²) in [5, 5.41) is 13.5. The quantitative estimate of drug-likeness (QED) is 0.190. The van der Waals surface area contributed by atoms with Crippen LogP contribution in [0.3, 0.4) is 0 Å². The second-order valence-electron chi connectivity index (χ2n) is 9.63. The van der Waals surface area contributed by atoms with Crippen LogP contribution in [0.25, 0.3) is 0 Å². The van der Waals surface area contributed by atoms with E-state index in [1.54, 1.807) is 0 Å². The van der Waals surface area contributed by atoms with Gasteiger partial charge in [-0.25, -0.2) is 4.79 Å². The summed E-state index contributed by atoms with van der Waals surface area (Å²) in [6.45, 7) is 0. The average Bonchev–Trinajstić information content (AvgIpc) is 3.05. The lowest BCUT2D eigenvalue weighted by molar-refractivity contribution is 0.262. The van der Waals surface area contributed by atoms with Gasteiger partial charge in [0, 0.05) is 10.6 Å². The van der Waals surface area contributed by atoms with Crippen LogP contribution in [-0.4, -0.2) is 6.03 Å². The molecule has 0 aliphatic rings. The van der Waals surface area contributed by atoms with Crippen molar-refractivity contribution in [3.8, 4) is 0 Å². The Hall–Kier alpha value is -4.55. The first-order chi connectivity index (χ1) is 20.8. The molecule has 0 saturated carbocycles. The molecule has 0 unspecified atom stereocenters. The highest BCUT2D eigenvalue weighted by atomic mass is 31.1. The van der Waals surface area contributed by atoms with Crippen LogP contribution in [0, 0.1) is 0 Å². The Kier molecular flexibility index (Phi) is 8.81. The van der Waals surface area contributed by atoms with Crippen LogP contribution in [0.1, 0.15) is 0 Å². The normalized spacial score (nSPS) is 10.9. The number of rotatable bonds is 8. The third-order valence-corrected chi connectivity index (χ3v) is 11.8. The van der Waals surface area contributed by atoms with E-state index in [0.717, 1.165) is 22.0 Å². The highest BCUT2D eigenvalue weighted by Crippen LogP contribution is 2.37. The van der Waals surface area contributed by atoms with Gasteiger partial charge >= 0.3 is 6.03 Å². The maximum Gasteiger partial charge on any atom is 0.323 e. The molecule has 6 rings (SSSR count). The zero-order chi connectivity index (χ0) is 28.6. The highest BCUT2D eigenvalue weighted by molar-refractivity contribution is 7.80. The molecule has 2 amide bonds. The SMILES string of the molecule is O=C(Nc1ccccc1P(c1ccccc1)c1ccccc1)Nc1ccccc1P(c1ccccc1)c1ccccc1. The summed E-state index contributed by atoms with van der Waals surface area (Å²) in [5.74, 6) is 0. The van der Waals surface area contributed by atoms with Crippen molar-refractivity contribution in [3.63, 3.8) is 0 Å². The Balaban J connectivity index is 1.33. The lowest BCUT2D eigenvalue weighted by Gasteiger charge is -2.24. The lowest BCUT2D eigenvalue weighted by atomic mass is 10.3. The predicted octanol–water partition coefficient (Wildman–Crippen LogP) is 6.85. The molecule has 5 heteroatoms. The van der Waals surface area contributed by atoms with E-state index in [-0.39, 0.29) is 6.03 Å². The second kappa shape index (κ2) is 13.4. The van der Waals surface area contributed by atoms with Gasteiger partial charge in [-0.05, 0) is 49.2 Å². The van der Waals surface area contributed by atoms with Gasteiger partial charge in [-0.3, -0.25) is 0 Å². The largest absolute Gasteiger partial charge is 0.323 e. The molecule has 6 aromatic rings. The summed E-state index contributed by atoms with van der Waals surface area (Å²) in [4.78, 5) is 13.7. The predicted molar refractivity (Wildman–Crippen MR) is 183 cm³/mol. The topological polar surface area (TPSA) is 41.1 Å². The second-order valence-corrected chi connectivity index (χ2v) is 14.0. The molecule has 0 spiro atoms. The molecule has 204 valence electrons. The van der Waals surface area contributed by atoms with Crippen molar-refractivity contribution in [1.82, 2.24) is 0 Å². The van der Waals surface area contributed by atoms with Gasteiger partial charge in [-0.1, -0.05) is 158 Å². The molecular weight excluding hydrogens is 550 g/mol. The van der Waals surface area contributed by atoms with Gasteiger partial charge in [0.25, 0.3) is 0 Å². The van der Waals surface area contributed by atoms with Crippen molar-refractivity contribution >= 4 is 65.1 Å². The van der Waals surface area contributed by atoms with Gasteiger partial charge in [0.05, 0.1) is 11.4 Å². The molecule has 3 nitrogen and oxygen atoms in total. The van der Waals surface area contributed by atoms with Crippen molar-refractivity contribution in [1.29, 1.82) is 0 Å². The fourth-order valence-electron chi connectivity index (χ4n) is 4.99. The molecule has 0 aromatic heterocycles. The van der Waals surface area contributed by atoms with Crippen LogP contribution >= 0.6 is 15.8 Å². The van der Waals surface area contributed by atoms with Crippen LogP contribution in [0.5, 0.6) is 0 Å². The van der Waals surface area contributed by atoms with Gasteiger partial charge in [0.15, 0.2) is 0 Å². The molecule has 0 heterocycles. The molecular formula is C37H30N2OP2. The number of carbonyl (C=O) groups is 1. The van der Waals surface area contributed by atoms with E-state index < -0.39 is 15.8 Å². The van der Waals surface area contributed by atoms with Gasteiger partial charge in [0.1, 0.15) is 0 Å². The fraction of sp³-hybridized carbons (Fsp3) is 0. The van der Waals surface area contributed by atoms with Crippen molar-refractivity contribution in [2.45, 2.75) is 0 Å². The van der Waals surface area contributed by atoms with E-state index in [9.17, 15) is 4.79 Å². The monoisotopic (exact) mass is 580 g/mol. The number of nitrogens with one attached hydrogen (secondary N) is 2. The number of hydrogen-bond donors (Lipinski definition) is 2. The third-order valence-electron chi connectivity index (χ3n) is 6.84. The van der Waals surface area contributed by atoms with E-state index >= 15 is 0 Å². The van der Waals surface area contributed by atoms with E-state index in [0.29, 0.717) is 0 Å². The number of hydrogen-bond acceptors (Lipinski definition) is 1. The van der Waals surface area contributed by atoms with Gasteiger partial charge in [0.2, 0.25) is 0 Å². The molecule has 0 bridgehead atoms. The number of carbonyl (C=O) groups excluding carboxylic acids is 1. The Labute approximate surface area is 249 Å². The molecule has 0 aliphatic carbocycles. The number of urea groups is 1. The van der Waals surface area contributed by atoms with E-state index in [4.69, 9.17) is 0 Å². The molecule has 6 aromatic carbocycles. The zero-order valence-electron chi connectivity index (χ0n) is 23.0. The first kappa shape index (κ1) is 27.6. The van der Waals surface area contributed by atoms with Crippen molar-refractivity contribution in [2.24, 2.45) is 0 Å². The molecule has 0 saturated heterocycles. The smallest absolute Gasteiger partial charge is 0.307 e. The van der Waals surface area contributed by atoms with Crippen LogP contribution in [0.4, 0.5) is 16.2 Å². The van der Waals surface area contributed by atoms with E-state index in [1.807, 2.05) is 60.7 Å². The Morgan fingerprint density at radius 3 is 0.929 bits per heavy atom. The minimum Gasteiger partial charge on any atom is -0.307 e. The van der Waals surface area contributed by atoms with E-state index in [1.165, 1.54) is 21.2 Å². The summed E-state index contributed by atoms with van der Waals surface area (Å²) in [6, 6.07) is 58.1. The number of anilines is 2. The maximum absolute atomic E-state index is 13.7. The molecule has 0 fully saturated rings. The van der Waals surface area contributed by atoms with Gasteiger partial charge < -0.3 is 10.6 Å². The Morgan fingerprint density at radius 2 is 0.619 bits per heavy atom. The fourth-order valence-corrected chi connectivity index (χ4v) is 9.79. The van der Waals surface area contributed by atoms with Crippen LogP contribution in [0.15, 0.2) is 170 Å². The van der Waals surface area contributed by atoms with Crippen LogP contribution in [-0.2, 0) is 0 Å². The summed E-state index contributed by atoms with van der Waals surface area (Å²) in [6.07, 6.45) is 0. The van der Waals surface area contributed by atoms with Gasteiger partial charge in [-0.2, -0.15) is 0 Å². The Bertz CT molecular complexity index is 1540. The summed E-state index contributed by atoms with van der Waals surface area (Å²) < 4.78 is 0. The van der Waals surface area contributed by atoms with Crippen molar-refractivity contribution in [3.05, 3.63) is 170 Å². The first-order valence-corrected chi connectivity index (χ1v) is 16.5. The lowest BCUT2D eigenvalue weighted by Crippen LogP contribution is -2.29. The number of amides is 2. The molecule has 2 N–H and O–H groups in total. The third kappa shape index (κ3) is 6.34. The van der Waals surface area contributed by atoms with Crippen LogP contribution < -0.4 is 42.5 Å². The van der Waals surface area contributed by atoms with Crippen LogP contribution in [0.2, 0.25) is 0 Å². The molecule has 42 heavy (non-hydrogen) atoms. The standard InChI is InChI=1S/C37H30N2OP2/c40-37(38-33-25-13-15-27-35(33)41(29-17-5-1-6-18-29)30-19-7-2-8-20-30)39-34-26-14-16-28-36(34)42(31-21-9-3-10-22-31)32-23-11-4-12-24-32/h1-28H,(H2,38,39,40). The first-order valence-electron chi connectivity index (χ1n) is 13.8. The highest BCUT2D eigenvalue weighted by Gasteiger charge is 2.22. The average molecular weight is 581 g/mol. The molecule has 0 aliphatic heterocycles. The maximum atomic E-state index is 13.7. The van der Waals surface area contributed by atoms with Gasteiger partial charge in [-0.15, -0.1) is 0 Å². The molecule has 0 radical (unpaired) electrons. The van der Waals surface area contributed by atoms with E-state index in [2.05, 4.69) is 120 Å². The number of benzene rings is 6. The minimum atomic E-state index is -0.873. The summed E-state index contributed by atoms with van der Waals surface area (Å²) >= 11 is 0. The number of para-hydroxylation sites is 2. The summed E-state index contributed by atoms with van der Waals surface area (Å²) in [5.41, 5.74) is 1.61. The summed E-state index contributed by atoms with van der Waals surface area (Å²) in [7, 11) is -1.75. The zero-order valence-corrected chi connectivity index (χ0v) is 24.8. The Morgan fingerprint density at radius 1 is 0.357 bits per heavy atom. The molecule has 0 atom stereocenters. The minimum absolute atomic E-state index is 0.262. The van der Waals surface area contributed by atoms with Crippen molar-refractivity contribution < 1.29 is 4.79 Å². The van der Waals surface area contributed by atoms with Crippen molar-refractivity contribution in [2.75, 3.05) is 10.6 Å².